The van der Waals surface area contributed by atoms with Gasteiger partial charge in [-0.15, -0.1) is 0 Å². The third-order valence-corrected chi connectivity index (χ3v) is 6.58. The standard InChI is InChI=1S/C21H32ClFN4/c1-21(2,18-9-8-14(23)10-19(18)22)13-25-20(24-3)26-15-11-16-6-5-7-17(12-15)27(16)4/h8-10,15-17H,5-7,11-13H2,1-4H3,(H2,24,25,26). The van der Waals surface area contributed by atoms with E-state index in [4.69, 9.17) is 11.6 Å². The van der Waals surface area contributed by atoms with Crippen molar-refractivity contribution in [2.75, 3.05) is 20.6 Å². The maximum absolute atomic E-state index is 13.4. The molecule has 6 heteroatoms. The molecule has 0 aliphatic carbocycles. The fourth-order valence-electron chi connectivity index (χ4n) is 4.56. The van der Waals surface area contributed by atoms with Gasteiger partial charge in [-0.2, -0.15) is 0 Å². The van der Waals surface area contributed by atoms with Crippen LogP contribution in [0.25, 0.3) is 0 Å². The van der Waals surface area contributed by atoms with E-state index in [9.17, 15) is 4.39 Å². The largest absolute Gasteiger partial charge is 0.356 e. The lowest BCUT2D eigenvalue weighted by Gasteiger charge is -2.47. The van der Waals surface area contributed by atoms with Crippen LogP contribution in [0.5, 0.6) is 0 Å². The third-order valence-electron chi connectivity index (χ3n) is 6.26. The molecule has 4 nitrogen and oxygen atoms in total. The summed E-state index contributed by atoms with van der Waals surface area (Å²) in [5.41, 5.74) is 0.688. The number of benzene rings is 1. The average molecular weight is 395 g/mol. The second-order valence-corrected chi connectivity index (χ2v) is 9.06. The molecule has 3 rings (SSSR count). The smallest absolute Gasteiger partial charge is 0.191 e. The first kappa shape index (κ1) is 20.4. The fraction of sp³-hybridized carbons (Fsp3) is 0.667. The lowest BCUT2D eigenvalue weighted by Crippen LogP contribution is -2.57. The highest BCUT2D eigenvalue weighted by Gasteiger charge is 2.36. The van der Waals surface area contributed by atoms with Gasteiger partial charge in [-0.3, -0.25) is 4.99 Å². The van der Waals surface area contributed by atoms with Crippen LogP contribution < -0.4 is 10.6 Å². The zero-order valence-electron chi connectivity index (χ0n) is 16.9. The monoisotopic (exact) mass is 394 g/mol. The van der Waals surface area contributed by atoms with Crippen molar-refractivity contribution in [1.82, 2.24) is 15.5 Å². The summed E-state index contributed by atoms with van der Waals surface area (Å²) in [6.45, 7) is 4.87. The van der Waals surface area contributed by atoms with Gasteiger partial charge in [0.2, 0.25) is 0 Å². The van der Waals surface area contributed by atoms with Gasteiger partial charge in [0, 0.05) is 42.2 Å². The van der Waals surface area contributed by atoms with Gasteiger partial charge in [0.25, 0.3) is 0 Å². The van der Waals surface area contributed by atoms with Crippen LogP contribution in [-0.4, -0.2) is 49.6 Å². The van der Waals surface area contributed by atoms with Crippen molar-refractivity contribution in [2.24, 2.45) is 4.99 Å². The molecule has 0 radical (unpaired) electrons. The molecular formula is C21H32ClFN4. The molecule has 2 aliphatic heterocycles. The molecular weight excluding hydrogens is 363 g/mol. The first-order valence-corrected chi connectivity index (χ1v) is 10.3. The maximum atomic E-state index is 13.4. The van der Waals surface area contributed by atoms with Crippen molar-refractivity contribution in [2.45, 2.75) is 69.5 Å². The molecule has 0 aromatic heterocycles. The summed E-state index contributed by atoms with van der Waals surface area (Å²) in [5, 5.41) is 7.53. The van der Waals surface area contributed by atoms with Crippen LogP contribution in [0.2, 0.25) is 5.02 Å². The van der Waals surface area contributed by atoms with Crippen LogP contribution in [0.1, 0.15) is 51.5 Å². The van der Waals surface area contributed by atoms with E-state index in [1.165, 1.54) is 44.2 Å². The third kappa shape index (κ3) is 4.75. The van der Waals surface area contributed by atoms with E-state index in [1.54, 1.807) is 6.07 Å². The topological polar surface area (TPSA) is 39.7 Å². The van der Waals surface area contributed by atoms with Crippen LogP contribution >= 0.6 is 11.6 Å². The van der Waals surface area contributed by atoms with Gasteiger partial charge in [0.05, 0.1) is 0 Å². The van der Waals surface area contributed by atoms with Crippen molar-refractivity contribution in [3.8, 4) is 0 Å². The van der Waals surface area contributed by atoms with E-state index in [2.05, 4.69) is 41.4 Å². The second kappa shape index (κ2) is 8.36. The quantitative estimate of drug-likeness (QED) is 0.600. The number of nitrogens with one attached hydrogen (secondary N) is 2. The second-order valence-electron chi connectivity index (χ2n) is 8.65. The van der Waals surface area contributed by atoms with Gasteiger partial charge in [-0.1, -0.05) is 37.9 Å². The predicted molar refractivity (Wildman–Crippen MR) is 111 cm³/mol. The SMILES string of the molecule is CN=C(NCC(C)(C)c1ccc(F)cc1Cl)NC1CC2CCCC(C1)N2C. The number of rotatable bonds is 4. The Morgan fingerprint density at radius 2 is 1.96 bits per heavy atom. The molecule has 2 bridgehead atoms. The Morgan fingerprint density at radius 1 is 1.30 bits per heavy atom. The minimum absolute atomic E-state index is 0.244. The molecule has 2 saturated heterocycles. The first-order valence-electron chi connectivity index (χ1n) is 9.95. The van der Waals surface area contributed by atoms with Crippen LogP contribution in [0.3, 0.4) is 0 Å². The molecule has 2 fully saturated rings. The summed E-state index contributed by atoms with van der Waals surface area (Å²) in [6.07, 6.45) is 6.29. The molecule has 2 N–H and O–H groups in total. The number of guanidine groups is 1. The Bertz CT molecular complexity index is 677. The summed E-state index contributed by atoms with van der Waals surface area (Å²) in [4.78, 5) is 6.98. The molecule has 1 aromatic carbocycles. The van der Waals surface area contributed by atoms with Crippen molar-refractivity contribution in [3.05, 3.63) is 34.6 Å². The minimum atomic E-state index is -0.308. The minimum Gasteiger partial charge on any atom is -0.356 e. The number of hydrogen-bond acceptors (Lipinski definition) is 2. The van der Waals surface area contributed by atoms with Gasteiger partial charge in [-0.25, -0.2) is 4.39 Å². The van der Waals surface area contributed by atoms with Crippen molar-refractivity contribution in [1.29, 1.82) is 0 Å². The number of fused-ring (bicyclic) bond motifs is 2. The van der Waals surface area contributed by atoms with Gasteiger partial charge < -0.3 is 15.5 Å². The van der Waals surface area contributed by atoms with E-state index in [0.717, 1.165) is 11.5 Å². The van der Waals surface area contributed by atoms with E-state index in [0.29, 0.717) is 29.7 Å². The highest BCUT2D eigenvalue weighted by molar-refractivity contribution is 6.31. The highest BCUT2D eigenvalue weighted by Crippen LogP contribution is 2.33. The molecule has 2 atom stereocenters. The maximum Gasteiger partial charge on any atom is 0.191 e. The lowest BCUT2D eigenvalue weighted by molar-refractivity contribution is 0.0526. The van der Waals surface area contributed by atoms with Crippen LogP contribution in [-0.2, 0) is 5.41 Å². The molecule has 2 heterocycles. The molecule has 0 amide bonds. The zero-order valence-corrected chi connectivity index (χ0v) is 17.6. The van der Waals surface area contributed by atoms with E-state index in [1.807, 2.05) is 7.05 Å². The number of hydrogen-bond donors (Lipinski definition) is 2. The first-order chi connectivity index (χ1) is 12.8. The Hall–Kier alpha value is -1.33. The van der Waals surface area contributed by atoms with Gasteiger partial charge in [0.15, 0.2) is 5.96 Å². The Kier molecular flexibility index (Phi) is 6.32. The van der Waals surface area contributed by atoms with Crippen molar-refractivity contribution >= 4 is 17.6 Å². The van der Waals surface area contributed by atoms with Crippen LogP contribution in [0.15, 0.2) is 23.2 Å². The Morgan fingerprint density at radius 3 is 2.56 bits per heavy atom. The summed E-state index contributed by atoms with van der Waals surface area (Å²) < 4.78 is 13.4. The van der Waals surface area contributed by atoms with Crippen molar-refractivity contribution in [3.63, 3.8) is 0 Å². The highest BCUT2D eigenvalue weighted by atomic mass is 35.5. The molecule has 0 spiro atoms. The number of nitrogens with zero attached hydrogens (tertiary/aromatic N) is 2. The number of piperidine rings is 2. The molecule has 150 valence electrons. The van der Waals surface area contributed by atoms with Gasteiger partial charge in [0.1, 0.15) is 5.82 Å². The summed E-state index contributed by atoms with van der Waals surface area (Å²) in [6, 6.07) is 6.44. The number of halogens is 2. The summed E-state index contributed by atoms with van der Waals surface area (Å²) in [5.74, 6) is 0.520. The normalized spacial score (nSPS) is 26.7. The van der Waals surface area contributed by atoms with Gasteiger partial charge in [-0.05, 0) is 50.4 Å². The zero-order chi connectivity index (χ0) is 19.6. The fourth-order valence-corrected chi connectivity index (χ4v) is 4.98. The Balaban J connectivity index is 1.59. The Labute approximate surface area is 167 Å². The van der Waals surface area contributed by atoms with E-state index in [-0.39, 0.29) is 11.2 Å². The van der Waals surface area contributed by atoms with Gasteiger partial charge >= 0.3 is 0 Å². The van der Waals surface area contributed by atoms with E-state index < -0.39 is 0 Å². The summed E-state index contributed by atoms with van der Waals surface area (Å²) in [7, 11) is 4.08. The number of aliphatic imine (C=N–C) groups is 1. The van der Waals surface area contributed by atoms with Crippen LogP contribution in [0.4, 0.5) is 4.39 Å². The van der Waals surface area contributed by atoms with Crippen LogP contribution in [0, 0.1) is 5.82 Å². The molecule has 0 saturated carbocycles. The molecule has 27 heavy (non-hydrogen) atoms. The molecule has 1 aromatic rings. The van der Waals surface area contributed by atoms with E-state index >= 15 is 0 Å². The van der Waals surface area contributed by atoms with Crippen molar-refractivity contribution < 1.29 is 4.39 Å². The molecule has 2 unspecified atom stereocenters. The lowest BCUT2D eigenvalue weighted by atomic mass is 9.82. The summed E-state index contributed by atoms with van der Waals surface area (Å²) >= 11 is 6.27. The molecule has 2 aliphatic rings. The average Bonchev–Trinajstić information content (AvgIpc) is 2.59. The predicted octanol–water partition coefficient (Wildman–Crippen LogP) is 3.94.